The molecule has 0 fully saturated rings. The Bertz CT molecular complexity index is 499. The Hall–Kier alpha value is -2.31. The lowest BCUT2D eigenvalue weighted by Crippen LogP contribution is -2.26. The van der Waals surface area contributed by atoms with Gasteiger partial charge in [-0.2, -0.15) is 5.10 Å². The molecular formula is C10H10FN5O. The van der Waals surface area contributed by atoms with Crippen molar-refractivity contribution >= 4 is 5.91 Å². The van der Waals surface area contributed by atoms with E-state index in [1.807, 2.05) is 0 Å². The first kappa shape index (κ1) is 11.2. The number of H-pyrrole nitrogens is 1. The van der Waals surface area contributed by atoms with E-state index in [2.05, 4.69) is 25.5 Å². The van der Waals surface area contributed by atoms with Crippen molar-refractivity contribution < 1.29 is 9.18 Å². The van der Waals surface area contributed by atoms with Crippen LogP contribution in [0.4, 0.5) is 4.39 Å². The number of hydrogen-bond donors (Lipinski definition) is 2. The number of rotatable bonds is 4. The van der Waals surface area contributed by atoms with Gasteiger partial charge in [0.2, 0.25) is 0 Å². The van der Waals surface area contributed by atoms with Gasteiger partial charge in [-0.3, -0.25) is 14.9 Å². The fourth-order valence-corrected chi connectivity index (χ4v) is 1.28. The van der Waals surface area contributed by atoms with Crippen molar-refractivity contribution in [3.63, 3.8) is 0 Å². The van der Waals surface area contributed by atoms with Crippen LogP contribution in [0.5, 0.6) is 0 Å². The molecule has 0 aromatic carbocycles. The summed E-state index contributed by atoms with van der Waals surface area (Å²) in [5.41, 5.74) is 0.197. The molecule has 0 aliphatic rings. The van der Waals surface area contributed by atoms with Gasteiger partial charge in [-0.1, -0.05) is 0 Å². The molecule has 17 heavy (non-hydrogen) atoms. The molecule has 0 aliphatic carbocycles. The second-order valence-electron chi connectivity index (χ2n) is 3.33. The highest BCUT2D eigenvalue weighted by Crippen LogP contribution is 2.00. The van der Waals surface area contributed by atoms with Crippen molar-refractivity contribution in [2.24, 2.45) is 0 Å². The van der Waals surface area contributed by atoms with Gasteiger partial charge in [0.05, 0.1) is 11.8 Å². The number of halogens is 1. The van der Waals surface area contributed by atoms with E-state index in [0.717, 1.165) is 12.3 Å². The molecule has 0 bridgehead atoms. The lowest BCUT2D eigenvalue weighted by molar-refractivity contribution is 0.0953. The van der Waals surface area contributed by atoms with Crippen LogP contribution in [0, 0.1) is 5.82 Å². The fourth-order valence-electron chi connectivity index (χ4n) is 1.28. The molecule has 0 atom stereocenters. The van der Waals surface area contributed by atoms with E-state index in [1.165, 1.54) is 12.5 Å². The van der Waals surface area contributed by atoms with Crippen LogP contribution in [-0.4, -0.2) is 32.6 Å². The van der Waals surface area contributed by atoms with Gasteiger partial charge in [0.15, 0.2) is 0 Å². The molecule has 0 saturated heterocycles. The molecule has 88 valence electrons. The summed E-state index contributed by atoms with van der Waals surface area (Å²) in [5, 5.41) is 8.99. The van der Waals surface area contributed by atoms with Gasteiger partial charge in [0.25, 0.3) is 5.91 Å². The third-order valence-corrected chi connectivity index (χ3v) is 2.08. The number of pyridine rings is 1. The average molecular weight is 235 g/mol. The summed E-state index contributed by atoms with van der Waals surface area (Å²) in [7, 11) is 0. The van der Waals surface area contributed by atoms with Gasteiger partial charge in [-0.15, -0.1) is 0 Å². The normalized spacial score (nSPS) is 10.2. The van der Waals surface area contributed by atoms with Crippen molar-refractivity contribution in [2.75, 3.05) is 6.54 Å². The van der Waals surface area contributed by atoms with E-state index >= 15 is 0 Å². The van der Waals surface area contributed by atoms with Gasteiger partial charge < -0.3 is 5.32 Å². The number of nitrogens with one attached hydrogen (secondary N) is 2. The Morgan fingerprint density at radius 3 is 3.06 bits per heavy atom. The number of aromatic amines is 1. The highest BCUT2D eigenvalue weighted by Gasteiger charge is 2.06. The predicted molar refractivity (Wildman–Crippen MR) is 56.6 cm³/mol. The van der Waals surface area contributed by atoms with Gasteiger partial charge in [-0.05, 0) is 6.07 Å². The zero-order chi connectivity index (χ0) is 12.1. The predicted octanol–water partition coefficient (Wildman–Crippen LogP) is 0.311. The van der Waals surface area contributed by atoms with E-state index in [0.29, 0.717) is 18.8 Å². The summed E-state index contributed by atoms with van der Waals surface area (Å²) in [4.78, 5) is 19.1. The number of amides is 1. The molecule has 7 heteroatoms. The number of carbonyl (C=O) groups excluding carboxylic acids is 1. The molecule has 0 spiro atoms. The van der Waals surface area contributed by atoms with Crippen molar-refractivity contribution in [1.29, 1.82) is 0 Å². The molecule has 0 aliphatic heterocycles. The van der Waals surface area contributed by atoms with Crippen molar-refractivity contribution in [3.05, 3.63) is 42.0 Å². The summed E-state index contributed by atoms with van der Waals surface area (Å²) in [6.45, 7) is 0.393. The Labute approximate surface area is 96.3 Å². The van der Waals surface area contributed by atoms with Crippen LogP contribution < -0.4 is 5.32 Å². The van der Waals surface area contributed by atoms with Gasteiger partial charge in [0.1, 0.15) is 18.0 Å². The highest BCUT2D eigenvalue weighted by molar-refractivity contribution is 5.93. The number of aromatic nitrogens is 4. The van der Waals surface area contributed by atoms with Crippen molar-refractivity contribution in [3.8, 4) is 0 Å². The molecule has 2 aromatic rings. The summed E-state index contributed by atoms with van der Waals surface area (Å²) < 4.78 is 12.8. The summed E-state index contributed by atoms with van der Waals surface area (Å²) in [6, 6.07) is 1.14. The largest absolute Gasteiger partial charge is 0.352 e. The maximum atomic E-state index is 12.8. The molecule has 2 aromatic heterocycles. The van der Waals surface area contributed by atoms with Gasteiger partial charge in [0, 0.05) is 19.2 Å². The Kier molecular flexibility index (Phi) is 3.39. The minimum Gasteiger partial charge on any atom is -0.352 e. The lowest BCUT2D eigenvalue weighted by Gasteiger charge is -2.03. The summed E-state index contributed by atoms with van der Waals surface area (Å²) >= 11 is 0. The zero-order valence-electron chi connectivity index (χ0n) is 8.85. The summed E-state index contributed by atoms with van der Waals surface area (Å²) in [5.74, 6) is -0.216. The molecule has 2 heterocycles. The molecule has 6 nitrogen and oxygen atoms in total. The van der Waals surface area contributed by atoms with Gasteiger partial charge in [-0.25, -0.2) is 9.37 Å². The van der Waals surface area contributed by atoms with Crippen molar-refractivity contribution in [1.82, 2.24) is 25.5 Å². The first-order chi connectivity index (χ1) is 8.25. The van der Waals surface area contributed by atoms with E-state index in [1.54, 1.807) is 0 Å². The minimum atomic E-state index is -0.534. The van der Waals surface area contributed by atoms with Crippen LogP contribution in [0.15, 0.2) is 24.8 Å². The third-order valence-electron chi connectivity index (χ3n) is 2.08. The molecule has 2 rings (SSSR count). The zero-order valence-corrected chi connectivity index (χ0v) is 8.85. The molecule has 2 N–H and O–H groups in total. The molecular weight excluding hydrogens is 225 g/mol. The minimum absolute atomic E-state index is 0.197. The number of hydrogen-bond acceptors (Lipinski definition) is 4. The van der Waals surface area contributed by atoms with E-state index in [4.69, 9.17) is 0 Å². The Balaban J connectivity index is 1.85. The van der Waals surface area contributed by atoms with E-state index in [-0.39, 0.29) is 11.5 Å². The van der Waals surface area contributed by atoms with Crippen LogP contribution in [0.3, 0.4) is 0 Å². The second-order valence-corrected chi connectivity index (χ2v) is 3.33. The Morgan fingerprint density at radius 2 is 2.35 bits per heavy atom. The van der Waals surface area contributed by atoms with Crippen molar-refractivity contribution in [2.45, 2.75) is 6.42 Å². The second kappa shape index (κ2) is 5.15. The maximum absolute atomic E-state index is 12.8. The molecule has 0 radical (unpaired) electrons. The quantitative estimate of drug-likeness (QED) is 0.799. The monoisotopic (exact) mass is 235 g/mol. The number of nitrogens with zero attached hydrogens (tertiary/aromatic N) is 3. The molecule has 0 unspecified atom stereocenters. The third kappa shape index (κ3) is 3.07. The smallest absolute Gasteiger partial charge is 0.252 e. The first-order valence-electron chi connectivity index (χ1n) is 4.98. The summed E-state index contributed by atoms with van der Waals surface area (Å²) in [6.07, 6.45) is 4.29. The fraction of sp³-hybridized carbons (Fsp3) is 0.200. The van der Waals surface area contributed by atoms with Crippen LogP contribution in [-0.2, 0) is 6.42 Å². The lowest BCUT2D eigenvalue weighted by atomic mass is 10.2. The topological polar surface area (TPSA) is 83.6 Å². The van der Waals surface area contributed by atoms with Gasteiger partial charge >= 0.3 is 0 Å². The molecule has 0 saturated carbocycles. The standard InChI is InChI=1S/C10H10FN5O/c11-8-3-7(4-12-5-8)10(17)13-2-1-9-14-6-15-16-9/h3-6H,1-2H2,(H,13,17)(H,14,15,16). The van der Waals surface area contributed by atoms with E-state index in [9.17, 15) is 9.18 Å². The van der Waals surface area contributed by atoms with Crippen LogP contribution in [0.2, 0.25) is 0 Å². The van der Waals surface area contributed by atoms with E-state index < -0.39 is 5.82 Å². The SMILES string of the molecule is O=C(NCCc1ncn[nH]1)c1cncc(F)c1. The first-order valence-corrected chi connectivity index (χ1v) is 4.98. The Morgan fingerprint density at radius 1 is 1.47 bits per heavy atom. The highest BCUT2D eigenvalue weighted by atomic mass is 19.1. The molecule has 1 amide bonds. The average Bonchev–Trinajstić information content (AvgIpc) is 2.82. The van der Waals surface area contributed by atoms with Crippen LogP contribution in [0.25, 0.3) is 0 Å². The maximum Gasteiger partial charge on any atom is 0.252 e. The number of carbonyl (C=O) groups is 1. The van der Waals surface area contributed by atoms with Crippen LogP contribution >= 0.6 is 0 Å². The van der Waals surface area contributed by atoms with Crippen LogP contribution in [0.1, 0.15) is 16.2 Å².